The van der Waals surface area contributed by atoms with Gasteiger partial charge >= 0.3 is 13.8 Å². The number of alkyl halides is 3. The molecule has 0 saturated carbocycles. The van der Waals surface area contributed by atoms with E-state index >= 15 is 0 Å². The van der Waals surface area contributed by atoms with Crippen LogP contribution >= 0.6 is 7.60 Å². The van der Waals surface area contributed by atoms with Gasteiger partial charge in [0.05, 0.1) is 13.2 Å². The van der Waals surface area contributed by atoms with E-state index in [4.69, 9.17) is 0 Å². The molecule has 0 aromatic rings. The first kappa shape index (κ1) is 13.9. The summed E-state index contributed by atoms with van der Waals surface area (Å²) in [6.45, 7) is 2.66. The van der Waals surface area contributed by atoms with Crippen LogP contribution in [0.1, 0.15) is 13.8 Å². The summed E-state index contributed by atoms with van der Waals surface area (Å²) in [6.07, 6.45) is -4.68. The molecule has 1 atom stereocenters. The second-order valence-corrected chi connectivity index (χ2v) is 4.65. The molecule has 8 heteroatoms. The Labute approximate surface area is 80.1 Å². The summed E-state index contributed by atoms with van der Waals surface area (Å²) in [5.41, 5.74) is 2.78. The minimum Gasteiger partial charge on any atom is -0.337 e. The Morgan fingerprint density at radius 2 is 1.64 bits per heavy atom. The minimum absolute atomic E-state index is 0.112. The standard InChI is InChI=1S/C6H13F3NO3P/c1-3-12-14(11,13-4-2)5(10)6(7,8)9/h5H,3-4,10H2,1-2H3/p+1/t5-/m1/s1. The van der Waals surface area contributed by atoms with Crippen LogP contribution in [0.5, 0.6) is 0 Å². The number of hydrogen-bond acceptors (Lipinski definition) is 3. The number of hydrogen-bond donors (Lipinski definition) is 1. The van der Waals surface area contributed by atoms with Crippen LogP contribution in [0, 0.1) is 0 Å². The molecule has 14 heavy (non-hydrogen) atoms. The third-order valence-electron chi connectivity index (χ3n) is 1.38. The second-order valence-electron chi connectivity index (χ2n) is 2.43. The molecule has 4 nitrogen and oxygen atoms in total. The molecule has 0 heterocycles. The number of rotatable bonds is 5. The Morgan fingerprint density at radius 3 is 1.86 bits per heavy atom. The molecule has 0 amide bonds. The van der Waals surface area contributed by atoms with Crippen LogP contribution in [0.4, 0.5) is 13.2 Å². The maximum atomic E-state index is 12.2. The predicted octanol–water partition coefficient (Wildman–Crippen LogP) is 1.38. The molecule has 0 bridgehead atoms. The van der Waals surface area contributed by atoms with Crippen molar-refractivity contribution in [3.8, 4) is 0 Å². The molecule has 0 fully saturated rings. The van der Waals surface area contributed by atoms with Gasteiger partial charge in [-0.15, -0.1) is 0 Å². The summed E-state index contributed by atoms with van der Waals surface area (Å²) in [4.78, 5) is 0. The van der Waals surface area contributed by atoms with Gasteiger partial charge in [-0.05, 0) is 13.8 Å². The van der Waals surface area contributed by atoms with E-state index in [1.54, 1.807) is 0 Å². The van der Waals surface area contributed by atoms with Crippen LogP contribution in [0.25, 0.3) is 0 Å². The smallest absolute Gasteiger partial charge is 0.337 e. The van der Waals surface area contributed by atoms with Crippen LogP contribution in [-0.4, -0.2) is 25.2 Å². The van der Waals surface area contributed by atoms with E-state index in [9.17, 15) is 17.7 Å². The predicted molar refractivity (Wildman–Crippen MR) is 43.6 cm³/mol. The van der Waals surface area contributed by atoms with Gasteiger partial charge < -0.3 is 14.8 Å². The van der Waals surface area contributed by atoms with Crippen molar-refractivity contribution in [2.75, 3.05) is 13.2 Å². The molecule has 0 aliphatic rings. The SMILES string of the molecule is CCOP(=O)(OCC)[C@@H]([NH3+])C(F)(F)F. The molecule has 0 rings (SSSR count). The van der Waals surface area contributed by atoms with Gasteiger partial charge in [0.15, 0.2) is 0 Å². The van der Waals surface area contributed by atoms with Gasteiger partial charge in [0.2, 0.25) is 0 Å². The Balaban J connectivity index is 4.73. The maximum Gasteiger partial charge on any atom is 0.453 e. The molecule has 86 valence electrons. The number of quaternary nitrogens is 1. The summed E-state index contributed by atoms with van der Waals surface area (Å²) in [6, 6.07) is 0. The van der Waals surface area contributed by atoms with E-state index < -0.39 is 19.6 Å². The van der Waals surface area contributed by atoms with Crippen LogP contribution in [0.2, 0.25) is 0 Å². The Bertz CT molecular complexity index is 211. The lowest BCUT2D eigenvalue weighted by molar-refractivity contribution is -0.454. The third kappa shape index (κ3) is 3.57. The topological polar surface area (TPSA) is 63.2 Å². The fraction of sp³-hybridized carbons (Fsp3) is 1.00. The monoisotopic (exact) mass is 236 g/mol. The van der Waals surface area contributed by atoms with Crippen molar-refractivity contribution in [2.45, 2.75) is 25.8 Å². The van der Waals surface area contributed by atoms with Gasteiger partial charge in [-0.1, -0.05) is 0 Å². The fourth-order valence-corrected chi connectivity index (χ4v) is 2.27. The largest absolute Gasteiger partial charge is 0.453 e. The van der Waals surface area contributed by atoms with Crippen molar-refractivity contribution in [1.29, 1.82) is 0 Å². The fourth-order valence-electron chi connectivity index (χ4n) is 0.756. The summed E-state index contributed by atoms with van der Waals surface area (Å²) in [7, 11) is -4.17. The molecular weight excluding hydrogens is 222 g/mol. The maximum absolute atomic E-state index is 12.2. The highest BCUT2D eigenvalue weighted by molar-refractivity contribution is 7.54. The molecular formula is C6H14F3NO3P+. The molecule has 3 N–H and O–H groups in total. The molecule has 0 spiro atoms. The van der Waals surface area contributed by atoms with Gasteiger partial charge in [-0.25, -0.2) is 0 Å². The van der Waals surface area contributed by atoms with E-state index in [1.165, 1.54) is 13.8 Å². The van der Waals surface area contributed by atoms with Gasteiger partial charge in [-0.2, -0.15) is 13.2 Å². The Kier molecular flexibility index (Phi) is 5.08. The molecule has 0 saturated heterocycles. The zero-order chi connectivity index (χ0) is 11.4. The summed E-state index contributed by atoms with van der Waals surface area (Å²) < 4.78 is 57.1. The lowest BCUT2D eigenvalue weighted by Gasteiger charge is -2.21. The molecule has 0 aromatic carbocycles. The van der Waals surface area contributed by atoms with Crippen molar-refractivity contribution in [3.63, 3.8) is 0 Å². The van der Waals surface area contributed by atoms with E-state index in [0.717, 1.165) is 0 Å². The van der Waals surface area contributed by atoms with Gasteiger partial charge in [0, 0.05) is 0 Å². The van der Waals surface area contributed by atoms with Gasteiger partial charge in [0.1, 0.15) is 0 Å². The van der Waals surface area contributed by atoms with Crippen molar-refractivity contribution in [2.24, 2.45) is 0 Å². The first-order chi connectivity index (χ1) is 6.28. The van der Waals surface area contributed by atoms with Crippen LogP contribution in [0.3, 0.4) is 0 Å². The lowest BCUT2D eigenvalue weighted by atomic mass is 10.7. The minimum atomic E-state index is -4.68. The third-order valence-corrected chi connectivity index (χ3v) is 3.67. The average molecular weight is 236 g/mol. The van der Waals surface area contributed by atoms with Crippen molar-refractivity contribution in [3.05, 3.63) is 0 Å². The number of halogens is 3. The van der Waals surface area contributed by atoms with Crippen LogP contribution < -0.4 is 5.73 Å². The highest BCUT2D eigenvalue weighted by atomic mass is 31.2. The molecule has 0 aliphatic carbocycles. The highest BCUT2D eigenvalue weighted by Gasteiger charge is 2.55. The zero-order valence-corrected chi connectivity index (χ0v) is 8.90. The van der Waals surface area contributed by atoms with Crippen LogP contribution in [0.15, 0.2) is 0 Å². The lowest BCUT2D eigenvalue weighted by Crippen LogP contribution is -2.67. The first-order valence-corrected chi connectivity index (χ1v) is 5.67. The van der Waals surface area contributed by atoms with E-state index in [1.807, 2.05) is 0 Å². The average Bonchev–Trinajstić information content (AvgIpc) is 2.02. The summed E-state index contributed by atoms with van der Waals surface area (Å²) in [5, 5.41) is 0. The van der Waals surface area contributed by atoms with Crippen LogP contribution in [-0.2, 0) is 13.6 Å². The first-order valence-electron chi connectivity index (χ1n) is 4.06. The Morgan fingerprint density at radius 1 is 1.29 bits per heavy atom. The second kappa shape index (κ2) is 5.11. The molecule has 0 unspecified atom stereocenters. The van der Waals surface area contributed by atoms with Gasteiger partial charge in [-0.3, -0.25) is 4.57 Å². The van der Waals surface area contributed by atoms with E-state index in [2.05, 4.69) is 14.8 Å². The molecule has 0 aliphatic heterocycles. The van der Waals surface area contributed by atoms with Crippen molar-refractivity contribution >= 4 is 7.60 Å². The quantitative estimate of drug-likeness (QED) is 0.733. The molecule has 0 aromatic heterocycles. The normalized spacial score (nSPS) is 15.6. The summed E-state index contributed by atoms with van der Waals surface area (Å²) in [5.74, 6) is -2.34. The Hall–Kier alpha value is -0.100. The van der Waals surface area contributed by atoms with Crippen molar-refractivity contribution in [1.82, 2.24) is 0 Å². The van der Waals surface area contributed by atoms with E-state index in [0.29, 0.717) is 0 Å². The summed E-state index contributed by atoms with van der Waals surface area (Å²) >= 11 is 0. The van der Waals surface area contributed by atoms with Gasteiger partial charge in [0.25, 0.3) is 5.78 Å². The van der Waals surface area contributed by atoms with E-state index in [-0.39, 0.29) is 13.2 Å². The zero-order valence-electron chi connectivity index (χ0n) is 8.00. The molecule has 0 radical (unpaired) electrons. The highest BCUT2D eigenvalue weighted by Crippen LogP contribution is 2.54. The van der Waals surface area contributed by atoms with Crippen molar-refractivity contribution < 1.29 is 32.5 Å².